The number of nitrogens with zero attached hydrogens (tertiary/aromatic N) is 3. The molecule has 120 valence electrons. The predicted molar refractivity (Wildman–Crippen MR) is 103 cm³/mol. The molecule has 0 saturated heterocycles. The lowest BCUT2D eigenvalue weighted by molar-refractivity contribution is 1.01. The molecule has 0 aliphatic carbocycles. The fraction of sp³-hybridized carbons (Fsp3) is 0.0455. The van der Waals surface area contributed by atoms with Gasteiger partial charge in [-0.3, -0.25) is 4.57 Å². The van der Waals surface area contributed by atoms with Gasteiger partial charge in [-0.15, -0.1) is 0 Å². The summed E-state index contributed by atoms with van der Waals surface area (Å²) in [6.45, 7) is 0. The standard InChI is InChI=1S/C22H17N3/c1-24-20-10-6-5-9-18(20)19-12-11-17(15-21(19)24)25-14-13-23-22(25)16-7-3-2-4-8-16/h2-15H,1H3. The second-order valence-corrected chi connectivity index (χ2v) is 6.26. The van der Waals surface area contributed by atoms with Crippen molar-refractivity contribution in [2.75, 3.05) is 0 Å². The van der Waals surface area contributed by atoms with Crippen molar-refractivity contribution >= 4 is 21.8 Å². The van der Waals surface area contributed by atoms with Gasteiger partial charge in [-0.25, -0.2) is 4.98 Å². The van der Waals surface area contributed by atoms with Crippen molar-refractivity contribution < 1.29 is 0 Å². The summed E-state index contributed by atoms with van der Waals surface area (Å²) >= 11 is 0. The highest BCUT2D eigenvalue weighted by atomic mass is 15.1. The minimum atomic E-state index is 0.957. The normalized spacial score (nSPS) is 11.4. The molecule has 5 rings (SSSR count). The summed E-state index contributed by atoms with van der Waals surface area (Å²) in [6.07, 6.45) is 3.88. The molecule has 0 radical (unpaired) electrons. The summed E-state index contributed by atoms with van der Waals surface area (Å²) in [6, 6.07) is 25.5. The van der Waals surface area contributed by atoms with Crippen molar-refractivity contribution in [2.24, 2.45) is 7.05 Å². The maximum atomic E-state index is 4.56. The molecule has 0 spiro atoms. The van der Waals surface area contributed by atoms with Crippen molar-refractivity contribution in [2.45, 2.75) is 0 Å². The Labute approximate surface area is 145 Å². The largest absolute Gasteiger partial charge is 0.344 e. The second-order valence-electron chi connectivity index (χ2n) is 6.26. The van der Waals surface area contributed by atoms with Crippen LogP contribution in [0.25, 0.3) is 38.9 Å². The molecule has 0 saturated carbocycles. The minimum Gasteiger partial charge on any atom is -0.344 e. The third-order valence-electron chi connectivity index (χ3n) is 4.85. The van der Waals surface area contributed by atoms with Crippen LogP contribution in [0, 0.1) is 0 Å². The van der Waals surface area contributed by atoms with Crippen LogP contribution in [0.4, 0.5) is 0 Å². The van der Waals surface area contributed by atoms with Crippen LogP contribution in [-0.2, 0) is 7.05 Å². The highest BCUT2D eigenvalue weighted by Crippen LogP contribution is 2.30. The number of hydrogen-bond donors (Lipinski definition) is 0. The number of hydrogen-bond acceptors (Lipinski definition) is 1. The van der Waals surface area contributed by atoms with E-state index < -0.39 is 0 Å². The molecule has 2 heterocycles. The fourth-order valence-electron chi connectivity index (χ4n) is 3.61. The first-order valence-electron chi connectivity index (χ1n) is 8.39. The van der Waals surface area contributed by atoms with Gasteiger partial charge < -0.3 is 4.57 Å². The van der Waals surface area contributed by atoms with Crippen molar-refractivity contribution in [3.8, 4) is 17.1 Å². The number of imidazole rings is 1. The Morgan fingerprint density at radius 2 is 1.52 bits per heavy atom. The Morgan fingerprint density at radius 1 is 0.760 bits per heavy atom. The van der Waals surface area contributed by atoms with Gasteiger partial charge in [-0.05, 0) is 18.2 Å². The first kappa shape index (κ1) is 14.1. The Balaban J connectivity index is 1.74. The molecule has 3 heteroatoms. The number of rotatable bonds is 2. The van der Waals surface area contributed by atoms with Crippen molar-refractivity contribution in [3.05, 3.63) is 85.2 Å². The summed E-state index contributed by atoms with van der Waals surface area (Å²) in [7, 11) is 2.13. The van der Waals surface area contributed by atoms with E-state index in [4.69, 9.17) is 0 Å². The maximum absolute atomic E-state index is 4.56. The highest BCUT2D eigenvalue weighted by Gasteiger charge is 2.11. The minimum absolute atomic E-state index is 0.957. The second kappa shape index (κ2) is 5.35. The Hall–Kier alpha value is -3.33. The molecule has 3 aromatic carbocycles. The first-order chi connectivity index (χ1) is 12.3. The van der Waals surface area contributed by atoms with E-state index in [0.29, 0.717) is 0 Å². The van der Waals surface area contributed by atoms with Gasteiger partial charge in [0.1, 0.15) is 5.82 Å². The summed E-state index contributed by atoms with van der Waals surface area (Å²) in [5, 5.41) is 2.57. The smallest absolute Gasteiger partial charge is 0.144 e. The fourth-order valence-corrected chi connectivity index (χ4v) is 3.61. The van der Waals surface area contributed by atoms with Crippen molar-refractivity contribution in [1.82, 2.24) is 14.1 Å². The lowest BCUT2D eigenvalue weighted by Crippen LogP contribution is -1.97. The van der Waals surface area contributed by atoms with Gasteiger partial charge in [0.25, 0.3) is 0 Å². The zero-order chi connectivity index (χ0) is 16.8. The molecule has 0 amide bonds. The number of aryl methyl sites for hydroxylation is 1. The predicted octanol–water partition coefficient (Wildman–Crippen LogP) is 5.18. The quantitative estimate of drug-likeness (QED) is 0.439. The summed E-state index contributed by atoms with van der Waals surface area (Å²) in [4.78, 5) is 4.56. The molecular formula is C22H17N3. The lowest BCUT2D eigenvalue weighted by atomic mass is 10.1. The number of benzene rings is 3. The van der Waals surface area contributed by atoms with Crippen LogP contribution in [0.1, 0.15) is 0 Å². The number of aromatic nitrogens is 3. The van der Waals surface area contributed by atoms with E-state index in [1.54, 1.807) is 0 Å². The molecule has 5 aromatic rings. The van der Waals surface area contributed by atoms with E-state index in [9.17, 15) is 0 Å². The van der Waals surface area contributed by atoms with E-state index in [1.807, 2.05) is 30.6 Å². The molecule has 0 bridgehead atoms. The molecule has 0 aliphatic rings. The highest BCUT2D eigenvalue weighted by molar-refractivity contribution is 6.08. The van der Waals surface area contributed by atoms with Crippen LogP contribution in [0.3, 0.4) is 0 Å². The Kier molecular flexibility index (Phi) is 3.01. The Bertz CT molecular complexity index is 1200. The van der Waals surface area contributed by atoms with Gasteiger partial charge in [0.15, 0.2) is 0 Å². The van der Waals surface area contributed by atoms with Crippen molar-refractivity contribution in [3.63, 3.8) is 0 Å². The van der Waals surface area contributed by atoms with Crippen molar-refractivity contribution in [1.29, 1.82) is 0 Å². The van der Waals surface area contributed by atoms with Crippen LogP contribution < -0.4 is 0 Å². The molecule has 0 fully saturated rings. The van der Waals surface area contributed by atoms with Gasteiger partial charge in [-0.1, -0.05) is 54.6 Å². The third kappa shape index (κ3) is 2.09. The summed E-state index contributed by atoms with van der Waals surface area (Å²) in [5.74, 6) is 0.957. The summed E-state index contributed by atoms with van der Waals surface area (Å²) < 4.78 is 4.40. The molecular weight excluding hydrogens is 306 g/mol. The first-order valence-corrected chi connectivity index (χ1v) is 8.39. The third-order valence-corrected chi connectivity index (χ3v) is 4.85. The summed E-state index contributed by atoms with van der Waals surface area (Å²) in [5.41, 5.74) is 4.72. The monoisotopic (exact) mass is 323 g/mol. The average molecular weight is 323 g/mol. The number of para-hydroxylation sites is 1. The molecule has 0 atom stereocenters. The SMILES string of the molecule is Cn1c2ccccc2c2ccc(-n3ccnc3-c3ccccc3)cc21. The zero-order valence-electron chi connectivity index (χ0n) is 13.9. The van der Waals surface area contributed by atoms with Crippen LogP contribution in [0.15, 0.2) is 85.2 Å². The van der Waals surface area contributed by atoms with Gasteiger partial charge in [-0.2, -0.15) is 0 Å². The van der Waals surface area contributed by atoms with Gasteiger partial charge in [0, 0.05) is 47.0 Å². The van der Waals surface area contributed by atoms with E-state index in [2.05, 4.69) is 75.8 Å². The average Bonchev–Trinajstić information content (AvgIpc) is 3.27. The van der Waals surface area contributed by atoms with E-state index in [0.717, 1.165) is 17.1 Å². The van der Waals surface area contributed by atoms with Crippen LogP contribution in [-0.4, -0.2) is 14.1 Å². The molecule has 0 unspecified atom stereocenters. The topological polar surface area (TPSA) is 22.8 Å². The van der Waals surface area contributed by atoms with Gasteiger partial charge >= 0.3 is 0 Å². The van der Waals surface area contributed by atoms with E-state index >= 15 is 0 Å². The maximum Gasteiger partial charge on any atom is 0.144 e. The Morgan fingerprint density at radius 3 is 2.40 bits per heavy atom. The molecule has 2 aromatic heterocycles. The molecule has 0 N–H and O–H groups in total. The van der Waals surface area contributed by atoms with Gasteiger partial charge in [0.05, 0.1) is 5.52 Å². The lowest BCUT2D eigenvalue weighted by Gasteiger charge is -2.09. The van der Waals surface area contributed by atoms with Crippen LogP contribution in [0.2, 0.25) is 0 Å². The molecule has 25 heavy (non-hydrogen) atoms. The van der Waals surface area contributed by atoms with Gasteiger partial charge in [0.2, 0.25) is 0 Å². The zero-order valence-corrected chi connectivity index (χ0v) is 13.9. The van der Waals surface area contributed by atoms with E-state index in [-0.39, 0.29) is 0 Å². The molecule has 3 nitrogen and oxygen atoms in total. The molecule has 0 aliphatic heterocycles. The van der Waals surface area contributed by atoms with E-state index in [1.165, 1.54) is 21.8 Å². The van der Waals surface area contributed by atoms with Crippen LogP contribution >= 0.6 is 0 Å². The van der Waals surface area contributed by atoms with Crippen LogP contribution in [0.5, 0.6) is 0 Å². The number of fused-ring (bicyclic) bond motifs is 3.